The molecule has 2 aromatic carbocycles. The van der Waals surface area contributed by atoms with Crippen LogP contribution in [0.5, 0.6) is 0 Å². The molecular weight excluding hydrogens is 274 g/mol. The highest BCUT2D eigenvalue weighted by molar-refractivity contribution is 5.34. The van der Waals surface area contributed by atoms with Crippen molar-refractivity contribution in [3.63, 3.8) is 0 Å². The molecule has 2 N–H and O–H groups in total. The van der Waals surface area contributed by atoms with E-state index >= 15 is 0 Å². The number of nitrogens with zero attached hydrogens (tertiary/aromatic N) is 3. The van der Waals surface area contributed by atoms with Crippen molar-refractivity contribution in [2.45, 2.75) is 13.1 Å². The monoisotopic (exact) mass is 291 g/mol. The zero-order chi connectivity index (χ0) is 15.0. The van der Waals surface area contributed by atoms with Crippen molar-refractivity contribution in [1.29, 1.82) is 0 Å². The second-order valence-corrected chi connectivity index (χ2v) is 4.81. The van der Waals surface area contributed by atoms with E-state index in [1.807, 2.05) is 36.4 Å². The predicted molar refractivity (Wildman–Crippen MR) is 87.4 cm³/mol. The first kappa shape index (κ1) is 14.0. The predicted octanol–water partition coefficient (Wildman–Crippen LogP) is 3.10. The number of nitrogens with one attached hydrogen (secondary N) is 2. The molecule has 5 nitrogen and oxygen atoms in total. The summed E-state index contributed by atoms with van der Waals surface area (Å²) in [4.78, 5) is 12.6. The number of hydrogen-bond acceptors (Lipinski definition) is 5. The quantitative estimate of drug-likeness (QED) is 0.730. The third kappa shape index (κ3) is 4.02. The zero-order valence-electron chi connectivity index (χ0n) is 12.1. The van der Waals surface area contributed by atoms with Crippen LogP contribution in [0.2, 0.25) is 0 Å². The van der Waals surface area contributed by atoms with Crippen LogP contribution in [0.3, 0.4) is 0 Å². The summed E-state index contributed by atoms with van der Waals surface area (Å²) < 4.78 is 0. The summed E-state index contributed by atoms with van der Waals surface area (Å²) in [6.45, 7) is 1.37. The molecule has 3 rings (SSSR count). The van der Waals surface area contributed by atoms with Crippen molar-refractivity contribution in [2.75, 3.05) is 10.6 Å². The van der Waals surface area contributed by atoms with E-state index in [-0.39, 0.29) is 0 Å². The van der Waals surface area contributed by atoms with Crippen molar-refractivity contribution < 1.29 is 0 Å². The molecule has 22 heavy (non-hydrogen) atoms. The average Bonchev–Trinajstić information content (AvgIpc) is 2.60. The van der Waals surface area contributed by atoms with E-state index in [2.05, 4.69) is 49.9 Å². The highest BCUT2D eigenvalue weighted by atomic mass is 15.2. The van der Waals surface area contributed by atoms with E-state index in [0.717, 1.165) is 0 Å². The van der Waals surface area contributed by atoms with Gasteiger partial charge in [0.2, 0.25) is 11.9 Å². The Morgan fingerprint density at radius 3 is 1.55 bits per heavy atom. The lowest BCUT2D eigenvalue weighted by molar-refractivity contribution is 0.977. The minimum absolute atomic E-state index is 0.564. The molecule has 3 aromatic rings. The molecule has 0 radical (unpaired) electrons. The van der Waals surface area contributed by atoms with Gasteiger partial charge in [-0.25, -0.2) is 9.97 Å². The van der Waals surface area contributed by atoms with Gasteiger partial charge in [0.15, 0.2) is 0 Å². The fraction of sp³-hybridized carbons (Fsp3) is 0.118. The Hall–Kier alpha value is -2.95. The van der Waals surface area contributed by atoms with E-state index in [1.165, 1.54) is 17.5 Å². The normalized spacial score (nSPS) is 10.2. The van der Waals surface area contributed by atoms with Crippen molar-refractivity contribution in [3.05, 3.63) is 78.1 Å². The molecule has 0 unspecified atom stereocenters. The van der Waals surface area contributed by atoms with E-state index in [1.54, 1.807) is 0 Å². The summed E-state index contributed by atoms with van der Waals surface area (Å²) in [5.41, 5.74) is 2.36. The molecule has 0 bridgehead atoms. The van der Waals surface area contributed by atoms with Crippen molar-refractivity contribution in [2.24, 2.45) is 0 Å². The lowest BCUT2D eigenvalue weighted by Crippen LogP contribution is -2.08. The number of aromatic nitrogens is 3. The summed E-state index contributed by atoms with van der Waals surface area (Å²) >= 11 is 0. The summed E-state index contributed by atoms with van der Waals surface area (Å²) in [6, 6.07) is 20.3. The number of hydrogen-bond donors (Lipinski definition) is 2. The molecule has 0 amide bonds. The van der Waals surface area contributed by atoms with Gasteiger partial charge in [-0.15, -0.1) is 0 Å². The average molecular weight is 291 g/mol. The SMILES string of the molecule is c1ccc(CNc2ncnc(NCc3ccccc3)n2)cc1. The number of rotatable bonds is 6. The van der Waals surface area contributed by atoms with Crippen molar-refractivity contribution in [1.82, 2.24) is 15.0 Å². The third-order valence-corrected chi connectivity index (χ3v) is 3.16. The van der Waals surface area contributed by atoms with E-state index in [4.69, 9.17) is 0 Å². The van der Waals surface area contributed by atoms with Crippen molar-refractivity contribution >= 4 is 11.9 Å². The van der Waals surface area contributed by atoms with Gasteiger partial charge >= 0.3 is 0 Å². The molecule has 110 valence electrons. The zero-order valence-corrected chi connectivity index (χ0v) is 12.1. The maximum Gasteiger partial charge on any atom is 0.227 e. The molecule has 0 saturated heterocycles. The lowest BCUT2D eigenvalue weighted by Gasteiger charge is -2.07. The molecule has 0 atom stereocenters. The Morgan fingerprint density at radius 2 is 1.09 bits per heavy atom. The maximum atomic E-state index is 4.36. The Labute approximate surface area is 129 Å². The van der Waals surface area contributed by atoms with Crippen LogP contribution in [0.15, 0.2) is 67.0 Å². The molecule has 0 aliphatic heterocycles. The molecule has 0 spiro atoms. The first-order valence-electron chi connectivity index (χ1n) is 7.15. The molecule has 0 fully saturated rings. The van der Waals surface area contributed by atoms with Gasteiger partial charge in [-0.1, -0.05) is 60.7 Å². The molecular formula is C17H17N5. The van der Waals surface area contributed by atoms with Gasteiger partial charge in [0.1, 0.15) is 6.33 Å². The molecule has 0 aliphatic rings. The summed E-state index contributed by atoms with van der Waals surface area (Å²) in [6.07, 6.45) is 1.51. The first-order chi connectivity index (χ1) is 10.9. The Balaban J connectivity index is 1.58. The molecule has 1 heterocycles. The summed E-state index contributed by atoms with van der Waals surface area (Å²) in [7, 11) is 0. The Bertz CT molecular complexity index is 642. The van der Waals surface area contributed by atoms with Crippen LogP contribution < -0.4 is 10.6 Å². The molecule has 0 saturated carbocycles. The van der Waals surface area contributed by atoms with Gasteiger partial charge in [0.05, 0.1) is 0 Å². The maximum absolute atomic E-state index is 4.36. The van der Waals surface area contributed by atoms with Crippen LogP contribution in [0.4, 0.5) is 11.9 Å². The van der Waals surface area contributed by atoms with Gasteiger partial charge in [-0.3, -0.25) is 0 Å². The van der Waals surface area contributed by atoms with Crippen molar-refractivity contribution in [3.8, 4) is 0 Å². The van der Waals surface area contributed by atoms with Gasteiger partial charge in [-0.05, 0) is 11.1 Å². The van der Waals surface area contributed by atoms with Gasteiger partial charge in [-0.2, -0.15) is 4.98 Å². The van der Waals surface area contributed by atoms with Gasteiger partial charge in [0.25, 0.3) is 0 Å². The second-order valence-electron chi connectivity index (χ2n) is 4.81. The minimum atomic E-state index is 0.564. The van der Waals surface area contributed by atoms with E-state index in [9.17, 15) is 0 Å². The van der Waals surface area contributed by atoms with E-state index in [0.29, 0.717) is 25.0 Å². The number of anilines is 2. The van der Waals surface area contributed by atoms with Crippen LogP contribution in [0.1, 0.15) is 11.1 Å². The number of benzene rings is 2. The lowest BCUT2D eigenvalue weighted by atomic mass is 10.2. The summed E-state index contributed by atoms with van der Waals surface area (Å²) in [5, 5.41) is 6.39. The van der Waals surface area contributed by atoms with Gasteiger partial charge in [0, 0.05) is 13.1 Å². The van der Waals surface area contributed by atoms with Crippen LogP contribution in [-0.2, 0) is 13.1 Å². The minimum Gasteiger partial charge on any atom is -0.350 e. The van der Waals surface area contributed by atoms with Gasteiger partial charge < -0.3 is 10.6 Å². The largest absolute Gasteiger partial charge is 0.350 e. The van der Waals surface area contributed by atoms with E-state index < -0.39 is 0 Å². The van der Waals surface area contributed by atoms with Crippen LogP contribution in [-0.4, -0.2) is 15.0 Å². The standard InChI is InChI=1S/C17H17N5/c1-3-7-14(8-4-1)11-18-16-20-13-21-17(22-16)19-12-15-9-5-2-6-10-15/h1-10,13H,11-12H2,(H2,18,19,20,21,22). The van der Waals surface area contributed by atoms with Crippen LogP contribution in [0, 0.1) is 0 Å². The Kier molecular flexibility index (Phi) is 4.57. The fourth-order valence-electron chi connectivity index (χ4n) is 2.02. The first-order valence-corrected chi connectivity index (χ1v) is 7.15. The fourth-order valence-corrected chi connectivity index (χ4v) is 2.02. The topological polar surface area (TPSA) is 62.7 Å². The van der Waals surface area contributed by atoms with Crippen LogP contribution in [0.25, 0.3) is 0 Å². The Morgan fingerprint density at radius 1 is 0.636 bits per heavy atom. The highest BCUT2D eigenvalue weighted by Gasteiger charge is 2.01. The summed E-state index contributed by atoms with van der Waals surface area (Å²) in [5.74, 6) is 1.13. The van der Waals surface area contributed by atoms with Crippen LogP contribution >= 0.6 is 0 Å². The molecule has 1 aromatic heterocycles. The highest BCUT2D eigenvalue weighted by Crippen LogP contribution is 2.07. The molecule has 0 aliphatic carbocycles. The second kappa shape index (κ2) is 7.17. The molecule has 5 heteroatoms. The smallest absolute Gasteiger partial charge is 0.227 e. The third-order valence-electron chi connectivity index (χ3n) is 3.16.